The third-order valence-electron chi connectivity index (χ3n) is 7.05. The molecular formula is C26H32Cl2N4OS. The Labute approximate surface area is 216 Å². The van der Waals surface area contributed by atoms with Gasteiger partial charge in [-0.15, -0.1) is 11.8 Å². The van der Waals surface area contributed by atoms with Gasteiger partial charge in [-0.2, -0.15) is 0 Å². The van der Waals surface area contributed by atoms with E-state index in [0.29, 0.717) is 19.1 Å². The molecule has 34 heavy (non-hydrogen) atoms. The van der Waals surface area contributed by atoms with Gasteiger partial charge in [0.05, 0.1) is 17.4 Å². The van der Waals surface area contributed by atoms with Crippen LogP contribution in [0.25, 0.3) is 0 Å². The van der Waals surface area contributed by atoms with Gasteiger partial charge in [0.1, 0.15) is 0 Å². The lowest BCUT2D eigenvalue weighted by molar-refractivity contribution is -0.122. The van der Waals surface area contributed by atoms with Crippen LogP contribution in [0.4, 0.5) is 11.4 Å². The molecule has 0 aromatic heterocycles. The number of benzene rings is 2. The van der Waals surface area contributed by atoms with Crippen molar-refractivity contribution in [2.45, 2.75) is 50.7 Å². The lowest BCUT2D eigenvalue weighted by atomic mass is 10.0. The molecule has 0 radical (unpaired) electrons. The third kappa shape index (κ3) is 5.07. The molecule has 1 unspecified atom stereocenters. The van der Waals surface area contributed by atoms with Crippen molar-refractivity contribution in [2.75, 3.05) is 41.1 Å². The highest BCUT2D eigenvalue weighted by molar-refractivity contribution is 7.99. The molecule has 3 aliphatic rings. The number of rotatable bonds is 8. The van der Waals surface area contributed by atoms with Gasteiger partial charge >= 0.3 is 0 Å². The zero-order chi connectivity index (χ0) is 23.7. The molecule has 2 fully saturated rings. The highest BCUT2D eigenvalue weighted by Gasteiger charge is 2.39. The first-order valence-corrected chi connectivity index (χ1v) is 14.1. The number of hydrogen-bond acceptors (Lipinski definition) is 5. The number of unbranched alkanes of at least 4 members (excludes halogenated alkanes) is 1. The van der Waals surface area contributed by atoms with Crippen LogP contribution >= 0.6 is 35.0 Å². The number of thioether (sulfide) groups is 1. The van der Waals surface area contributed by atoms with Crippen molar-refractivity contribution in [1.82, 2.24) is 4.90 Å². The lowest BCUT2D eigenvalue weighted by Gasteiger charge is -2.39. The molecule has 2 N–H and O–H groups in total. The summed E-state index contributed by atoms with van der Waals surface area (Å²) in [5.41, 5.74) is 9.91. The van der Waals surface area contributed by atoms with Crippen LogP contribution in [0, 0.1) is 0 Å². The summed E-state index contributed by atoms with van der Waals surface area (Å²) in [5, 5.41) is 1.47. The van der Waals surface area contributed by atoms with Crippen LogP contribution < -0.4 is 15.5 Å². The molecule has 1 saturated carbocycles. The molecule has 8 heteroatoms. The molecule has 1 aliphatic carbocycles. The van der Waals surface area contributed by atoms with E-state index in [4.69, 9.17) is 28.9 Å². The average Bonchev–Trinajstić information content (AvgIpc) is 3.59. The Balaban J connectivity index is 1.31. The van der Waals surface area contributed by atoms with E-state index in [-0.39, 0.29) is 11.9 Å². The number of anilines is 2. The highest BCUT2D eigenvalue weighted by atomic mass is 35.5. The minimum atomic E-state index is -0.162. The number of aryl methyl sites for hydroxylation is 1. The minimum absolute atomic E-state index is 0.162. The molecule has 0 spiro atoms. The van der Waals surface area contributed by atoms with E-state index < -0.39 is 0 Å². The van der Waals surface area contributed by atoms with Crippen LogP contribution in [0.5, 0.6) is 0 Å². The summed E-state index contributed by atoms with van der Waals surface area (Å²) in [7, 11) is 0. The number of nitrogens with zero attached hydrogens (tertiary/aromatic N) is 3. The zero-order valence-corrected chi connectivity index (χ0v) is 21.7. The predicted molar refractivity (Wildman–Crippen MR) is 144 cm³/mol. The Hall–Kier alpha value is -1.44. The molecular weight excluding hydrogens is 487 g/mol. The van der Waals surface area contributed by atoms with Gasteiger partial charge in [0, 0.05) is 47.4 Å². The van der Waals surface area contributed by atoms with E-state index >= 15 is 0 Å². The lowest BCUT2D eigenvalue weighted by Crippen LogP contribution is -2.52. The summed E-state index contributed by atoms with van der Waals surface area (Å²) in [5.74, 6) is 1.80. The van der Waals surface area contributed by atoms with E-state index in [1.165, 1.54) is 18.5 Å². The number of nitrogens with two attached hydrogens (primary N) is 1. The molecule has 2 heterocycles. The van der Waals surface area contributed by atoms with Gasteiger partial charge < -0.3 is 15.5 Å². The Morgan fingerprint density at radius 3 is 2.53 bits per heavy atom. The summed E-state index contributed by atoms with van der Waals surface area (Å²) in [6.45, 7) is 2.95. The van der Waals surface area contributed by atoms with E-state index in [1.807, 2.05) is 23.1 Å². The molecule has 1 saturated heterocycles. The summed E-state index contributed by atoms with van der Waals surface area (Å²) in [6, 6.07) is 12.8. The maximum absolute atomic E-state index is 13.8. The van der Waals surface area contributed by atoms with E-state index in [0.717, 1.165) is 70.8 Å². The quantitative estimate of drug-likeness (QED) is 0.488. The van der Waals surface area contributed by atoms with Gasteiger partial charge in [-0.1, -0.05) is 35.3 Å². The monoisotopic (exact) mass is 518 g/mol. The van der Waals surface area contributed by atoms with Gasteiger partial charge in [-0.3, -0.25) is 9.69 Å². The van der Waals surface area contributed by atoms with Crippen LogP contribution in [0.1, 0.15) is 36.8 Å². The number of halogens is 2. The second-order valence-corrected chi connectivity index (χ2v) is 11.3. The Morgan fingerprint density at radius 2 is 1.76 bits per heavy atom. The van der Waals surface area contributed by atoms with E-state index in [2.05, 4.69) is 28.0 Å². The fraction of sp³-hybridized carbons (Fsp3) is 0.500. The van der Waals surface area contributed by atoms with Gasteiger partial charge in [-0.25, -0.2) is 0 Å². The van der Waals surface area contributed by atoms with E-state index in [1.54, 1.807) is 11.8 Å². The number of amides is 1. The smallest absolute Gasteiger partial charge is 0.245 e. The normalized spacial score (nSPS) is 20.6. The molecule has 2 aromatic rings. The van der Waals surface area contributed by atoms with Crippen molar-refractivity contribution < 1.29 is 4.79 Å². The molecule has 1 amide bonds. The van der Waals surface area contributed by atoms with Gasteiger partial charge in [0.2, 0.25) is 5.91 Å². The third-order valence-corrected chi connectivity index (χ3v) is 8.82. The average molecular weight is 520 g/mol. The second-order valence-electron chi connectivity index (χ2n) is 9.45. The maximum Gasteiger partial charge on any atom is 0.245 e. The Morgan fingerprint density at radius 1 is 1.03 bits per heavy atom. The van der Waals surface area contributed by atoms with Crippen LogP contribution in [-0.4, -0.2) is 54.2 Å². The first kappa shape index (κ1) is 24.3. The first-order chi connectivity index (χ1) is 16.6. The molecule has 0 bridgehead atoms. The fourth-order valence-electron chi connectivity index (χ4n) is 5.04. The molecule has 5 rings (SSSR count). The number of fused-ring (bicyclic) bond motifs is 1. The van der Waals surface area contributed by atoms with Crippen molar-refractivity contribution in [1.29, 1.82) is 0 Å². The largest absolute Gasteiger partial charge is 0.365 e. The van der Waals surface area contributed by atoms with Crippen LogP contribution in [0.15, 0.2) is 36.4 Å². The van der Waals surface area contributed by atoms with Crippen molar-refractivity contribution in [3.63, 3.8) is 0 Å². The van der Waals surface area contributed by atoms with Gasteiger partial charge in [0.25, 0.3) is 0 Å². The summed E-state index contributed by atoms with van der Waals surface area (Å²) in [4.78, 5) is 20.5. The van der Waals surface area contributed by atoms with Crippen molar-refractivity contribution >= 4 is 52.2 Å². The number of hydrogen-bond donors (Lipinski definition) is 1. The topological polar surface area (TPSA) is 52.8 Å². The minimum Gasteiger partial charge on any atom is -0.365 e. The summed E-state index contributed by atoms with van der Waals surface area (Å²) in [6.07, 6.45) is 5.36. The van der Waals surface area contributed by atoms with E-state index in [9.17, 15) is 4.79 Å². The second kappa shape index (κ2) is 10.7. The maximum atomic E-state index is 13.8. The number of carbonyl (C=O) groups is 1. The standard InChI is InChI=1S/C26H32Cl2N4OS/c27-21-14-19(22(28)13-18(21)5-3-4-10-29)15-30-17-34-16-25(30)26(33)32-12-11-31(20-8-9-20)23-6-1-2-7-24(23)32/h1-2,6-7,13-14,20,25H,3-5,8-12,15-17,29H2. The van der Waals surface area contributed by atoms with Crippen molar-refractivity contribution in [3.8, 4) is 0 Å². The predicted octanol–water partition coefficient (Wildman–Crippen LogP) is 5.17. The van der Waals surface area contributed by atoms with Gasteiger partial charge in [-0.05, 0) is 74.0 Å². The molecule has 1 atom stereocenters. The molecule has 2 aliphatic heterocycles. The Kier molecular flexibility index (Phi) is 7.61. The van der Waals surface area contributed by atoms with Crippen molar-refractivity contribution in [2.24, 2.45) is 5.73 Å². The zero-order valence-electron chi connectivity index (χ0n) is 19.4. The van der Waals surface area contributed by atoms with Crippen LogP contribution in [-0.2, 0) is 17.8 Å². The number of para-hydroxylation sites is 2. The van der Waals surface area contributed by atoms with Gasteiger partial charge in [0.15, 0.2) is 0 Å². The summed E-state index contributed by atoms with van der Waals surface area (Å²) >= 11 is 15.1. The summed E-state index contributed by atoms with van der Waals surface area (Å²) < 4.78 is 0. The van der Waals surface area contributed by atoms with Crippen LogP contribution in [0.3, 0.4) is 0 Å². The fourth-order valence-corrected chi connectivity index (χ4v) is 6.75. The highest BCUT2D eigenvalue weighted by Crippen LogP contribution is 2.41. The SMILES string of the molecule is NCCCCc1cc(Cl)c(CN2CSCC2C(=O)N2CCN(C3CC3)c3ccccc32)cc1Cl. The molecule has 5 nitrogen and oxygen atoms in total. The van der Waals surface area contributed by atoms with Crippen LogP contribution in [0.2, 0.25) is 10.0 Å². The number of carbonyl (C=O) groups excluding carboxylic acids is 1. The molecule has 182 valence electrons. The Bertz CT molecular complexity index is 1050. The molecule has 2 aromatic carbocycles. The van der Waals surface area contributed by atoms with Crippen molar-refractivity contribution in [3.05, 3.63) is 57.6 Å². The first-order valence-electron chi connectivity index (χ1n) is 12.2.